The molecule has 40 heavy (non-hydrogen) atoms. The minimum atomic E-state index is -0.992. The van der Waals surface area contributed by atoms with Crippen LogP contribution >= 0.6 is 0 Å². The number of anilines is 2. The number of amides is 2. The lowest BCUT2D eigenvalue weighted by molar-refractivity contribution is 0.259. The lowest BCUT2D eigenvalue weighted by Crippen LogP contribution is -2.31. The average Bonchev–Trinajstić information content (AvgIpc) is 3.27. The van der Waals surface area contributed by atoms with Gasteiger partial charge in [0.1, 0.15) is 23.1 Å². The van der Waals surface area contributed by atoms with Gasteiger partial charge in [0, 0.05) is 49.1 Å². The molecular weight excluding hydrogens is 516 g/mol. The summed E-state index contributed by atoms with van der Waals surface area (Å²) in [7, 11) is 0. The normalized spacial score (nSPS) is 12.9. The molecule has 2 aromatic heterocycles. The molecule has 0 aliphatic carbocycles. The van der Waals surface area contributed by atoms with Crippen molar-refractivity contribution < 1.29 is 18.3 Å². The zero-order valence-corrected chi connectivity index (χ0v) is 22.8. The summed E-state index contributed by atoms with van der Waals surface area (Å²) in [5.41, 5.74) is 9.10. The SMILES string of the molecule is Cc1cnc(N2CCc3nn(-c4c(C)cccc4OCC(C)C)c(-c4cc(F)c(NC(N)=O)cc4F)c3C2)nc1. The van der Waals surface area contributed by atoms with Gasteiger partial charge in [-0.05, 0) is 43.0 Å². The van der Waals surface area contributed by atoms with Crippen LogP contribution in [0.5, 0.6) is 5.75 Å². The molecule has 0 unspecified atom stereocenters. The van der Waals surface area contributed by atoms with E-state index in [0.29, 0.717) is 49.2 Å². The number of nitrogens with one attached hydrogen (secondary N) is 1. The molecule has 0 bridgehead atoms. The summed E-state index contributed by atoms with van der Waals surface area (Å²) < 4.78 is 38.7. The molecule has 1 aliphatic rings. The van der Waals surface area contributed by atoms with Gasteiger partial charge in [-0.3, -0.25) is 0 Å². The highest BCUT2D eigenvalue weighted by atomic mass is 19.1. The maximum Gasteiger partial charge on any atom is 0.316 e. The third-order valence-corrected chi connectivity index (χ3v) is 6.64. The molecule has 0 spiro atoms. The number of hydrogen-bond acceptors (Lipinski definition) is 6. The molecule has 9 nitrogen and oxygen atoms in total. The number of primary amides is 1. The van der Waals surface area contributed by atoms with E-state index in [1.54, 1.807) is 17.1 Å². The van der Waals surface area contributed by atoms with E-state index >= 15 is 8.78 Å². The Labute approximate surface area is 231 Å². The highest BCUT2D eigenvalue weighted by Crippen LogP contribution is 2.39. The van der Waals surface area contributed by atoms with E-state index in [1.165, 1.54) is 0 Å². The van der Waals surface area contributed by atoms with Crippen LogP contribution in [-0.4, -0.2) is 38.9 Å². The van der Waals surface area contributed by atoms with E-state index < -0.39 is 17.7 Å². The number of ether oxygens (including phenoxy) is 1. The van der Waals surface area contributed by atoms with Gasteiger partial charge in [0.25, 0.3) is 0 Å². The molecule has 1 aliphatic heterocycles. The molecule has 2 amide bonds. The van der Waals surface area contributed by atoms with Crippen LogP contribution < -0.4 is 20.7 Å². The summed E-state index contributed by atoms with van der Waals surface area (Å²) in [5.74, 6) is -0.164. The molecule has 4 aromatic rings. The van der Waals surface area contributed by atoms with Gasteiger partial charge in [-0.2, -0.15) is 5.10 Å². The Hall–Kier alpha value is -4.54. The number of carbonyl (C=O) groups is 1. The maximum atomic E-state index is 15.8. The van der Waals surface area contributed by atoms with Crippen LogP contribution in [-0.2, 0) is 13.0 Å². The summed E-state index contributed by atoms with van der Waals surface area (Å²) in [6.07, 6.45) is 4.03. The van der Waals surface area contributed by atoms with E-state index in [1.807, 2.05) is 36.9 Å². The van der Waals surface area contributed by atoms with Gasteiger partial charge >= 0.3 is 6.03 Å². The Bertz CT molecular complexity index is 1570. The molecule has 0 atom stereocenters. The summed E-state index contributed by atoms with van der Waals surface area (Å²) in [6.45, 7) is 9.35. The fourth-order valence-electron chi connectivity index (χ4n) is 4.76. The number of rotatable bonds is 7. The van der Waals surface area contributed by atoms with Crippen molar-refractivity contribution in [1.82, 2.24) is 19.7 Å². The van der Waals surface area contributed by atoms with Crippen LogP contribution in [0.15, 0.2) is 42.7 Å². The standard InChI is InChI=1S/C29H31F2N7O2/c1-16(2)15-40-25-7-5-6-18(4)26(25)38-27(19-10-22(31)24(11-21(19)30)35-28(32)39)20-14-37(9-8-23(20)36-38)29-33-12-17(3)13-34-29/h5-7,10-13,16H,8-9,14-15H2,1-4H3,(H3,32,35,39). The van der Waals surface area contributed by atoms with Crippen LogP contribution in [0.2, 0.25) is 0 Å². The van der Waals surface area contributed by atoms with Crippen molar-refractivity contribution in [2.24, 2.45) is 11.7 Å². The third kappa shape index (κ3) is 5.31. The predicted octanol–water partition coefficient (Wildman–Crippen LogP) is 5.31. The first-order valence-corrected chi connectivity index (χ1v) is 13.1. The van der Waals surface area contributed by atoms with Crippen LogP contribution in [0.25, 0.3) is 16.9 Å². The number of aromatic nitrogens is 4. The fraction of sp³-hybridized carbons (Fsp3) is 0.310. The van der Waals surface area contributed by atoms with Crippen LogP contribution in [0.4, 0.5) is 25.2 Å². The number of nitrogens with two attached hydrogens (primary N) is 1. The average molecular weight is 548 g/mol. The largest absolute Gasteiger partial charge is 0.491 e. The van der Waals surface area contributed by atoms with E-state index in [0.717, 1.165) is 34.5 Å². The molecule has 3 N–H and O–H groups in total. The molecule has 3 heterocycles. The van der Waals surface area contributed by atoms with Gasteiger partial charge < -0.3 is 20.7 Å². The first-order chi connectivity index (χ1) is 19.1. The molecule has 0 saturated heterocycles. The number of nitrogens with zero attached hydrogens (tertiary/aromatic N) is 5. The Morgan fingerprint density at radius 2 is 1.90 bits per heavy atom. The van der Waals surface area contributed by atoms with E-state index in [4.69, 9.17) is 15.6 Å². The second kappa shape index (κ2) is 10.9. The Kier molecular flexibility index (Phi) is 7.38. The first kappa shape index (κ1) is 27.0. The van der Waals surface area contributed by atoms with Crippen molar-refractivity contribution >= 4 is 17.7 Å². The highest BCUT2D eigenvalue weighted by Gasteiger charge is 2.30. The van der Waals surface area contributed by atoms with E-state index in [-0.39, 0.29) is 17.2 Å². The Balaban J connectivity index is 1.71. The molecule has 2 aromatic carbocycles. The molecular formula is C29H31F2N7O2. The molecule has 11 heteroatoms. The Morgan fingerprint density at radius 1 is 1.15 bits per heavy atom. The quantitative estimate of drug-likeness (QED) is 0.324. The number of aryl methyl sites for hydroxylation is 2. The second-order valence-electron chi connectivity index (χ2n) is 10.3. The van der Waals surface area contributed by atoms with Crippen molar-refractivity contribution in [1.29, 1.82) is 0 Å². The maximum absolute atomic E-state index is 15.8. The first-order valence-electron chi connectivity index (χ1n) is 13.1. The van der Waals surface area contributed by atoms with Crippen molar-refractivity contribution in [3.63, 3.8) is 0 Å². The van der Waals surface area contributed by atoms with Crippen LogP contribution in [0.1, 0.15) is 36.2 Å². The van der Waals surface area contributed by atoms with Gasteiger partial charge in [-0.15, -0.1) is 0 Å². The summed E-state index contributed by atoms with van der Waals surface area (Å²) in [4.78, 5) is 22.2. The summed E-state index contributed by atoms with van der Waals surface area (Å²) in [6, 6.07) is 6.65. The number of halogens is 2. The van der Waals surface area contributed by atoms with Crippen molar-refractivity contribution in [2.45, 2.75) is 40.7 Å². The molecule has 5 rings (SSSR count). The van der Waals surface area contributed by atoms with Gasteiger partial charge in [0.05, 0.1) is 23.7 Å². The van der Waals surface area contributed by atoms with Gasteiger partial charge in [0.15, 0.2) is 0 Å². The topological polar surface area (TPSA) is 111 Å². The van der Waals surface area contributed by atoms with Crippen molar-refractivity contribution in [3.8, 4) is 22.7 Å². The minimum absolute atomic E-state index is 0.00833. The zero-order chi connectivity index (χ0) is 28.6. The smallest absolute Gasteiger partial charge is 0.316 e. The van der Waals surface area contributed by atoms with Gasteiger partial charge in [-0.1, -0.05) is 26.0 Å². The number of para-hydroxylation sites is 1. The summed E-state index contributed by atoms with van der Waals surface area (Å²) in [5, 5.41) is 7.05. The highest BCUT2D eigenvalue weighted by molar-refractivity contribution is 5.88. The third-order valence-electron chi connectivity index (χ3n) is 6.64. The van der Waals surface area contributed by atoms with Gasteiger partial charge in [-0.25, -0.2) is 28.2 Å². The summed E-state index contributed by atoms with van der Waals surface area (Å²) >= 11 is 0. The molecule has 208 valence electrons. The van der Waals surface area contributed by atoms with E-state index in [9.17, 15) is 4.79 Å². The molecule has 0 fully saturated rings. The predicted molar refractivity (Wildman–Crippen MR) is 149 cm³/mol. The number of urea groups is 1. The molecule has 0 radical (unpaired) electrons. The van der Waals surface area contributed by atoms with Crippen molar-refractivity contribution in [3.05, 3.63) is 76.7 Å². The van der Waals surface area contributed by atoms with Crippen LogP contribution in [0.3, 0.4) is 0 Å². The van der Waals surface area contributed by atoms with E-state index in [2.05, 4.69) is 29.1 Å². The number of benzene rings is 2. The number of fused-ring (bicyclic) bond motifs is 1. The minimum Gasteiger partial charge on any atom is -0.491 e. The fourth-order valence-corrected chi connectivity index (χ4v) is 4.76. The lowest BCUT2D eigenvalue weighted by Gasteiger charge is -2.27. The number of hydrogen-bond donors (Lipinski definition) is 2. The van der Waals surface area contributed by atoms with Crippen molar-refractivity contribution in [2.75, 3.05) is 23.4 Å². The monoisotopic (exact) mass is 547 g/mol. The van der Waals surface area contributed by atoms with Crippen LogP contribution in [0, 0.1) is 31.4 Å². The number of carbonyl (C=O) groups excluding carboxylic acids is 1. The zero-order valence-electron chi connectivity index (χ0n) is 22.8. The lowest BCUT2D eigenvalue weighted by atomic mass is 9.99. The Morgan fingerprint density at radius 3 is 2.60 bits per heavy atom. The second-order valence-corrected chi connectivity index (χ2v) is 10.3. The molecule has 0 saturated carbocycles. The van der Waals surface area contributed by atoms with Gasteiger partial charge in [0.2, 0.25) is 5.95 Å².